The Morgan fingerprint density at radius 1 is 1.06 bits per heavy atom. The van der Waals surface area contributed by atoms with Crippen LogP contribution in [0.5, 0.6) is 0 Å². The third-order valence-corrected chi connectivity index (χ3v) is 5.19. The maximum atomic E-state index is 12.7. The van der Waals surface area contributed by atoms with Crippen molar-refractivity contribution in [2.24, 2.45) is 0 Å². The quantitative estimate of drug-likeness (QED) is 0.248. The van der Waals surface area contributed by atoms with E-state index in [0.717, 1.165) is 22.6 Å². The first-order valence-corrected chi connectivity index (χ1v) is 9.73. The highest BCUT2D eigenvalue weighted by molar-refractivity contribution is 5.99. The third-order valence-electron chi connectivity index (χ3n) is 5.19. The summed E-state index contributed by atoms with van der Waals surface area (Å²) in [6.07, 6.45) is 0. The summed E-state index contributed by atoms with van der Waals surface area (Å²) in [6.45, 7) is 8.04. The number of esters is 1. The van der Waals surface area contributed by atoms with Crippen molar-refractivity contribution < 1.29 is 19.2 Å². The summed E-state index contributed by atoms with van der Waals surface area (Å²) in [5.41, 5.74) is 4.56. The van der Waals surface area contributed by atoms with E-state index in [1.807, 2.05) is 49.6 Å². The number of ketones is 1. The summed E-state index contributed by atoms with van der Waals surface area (Å²) in [7, 11) is 0. The van der Waals surface area contributed by atoms with Crippen molar-refractivity contribution >= 4 is 17.4 Å². The van der Waals surface area contributed by atoms with Gasteiger partial charge in [0.15, 0.2) is 6.61 Å². The zero-order valence-corrected chi connectivity index (χ0v) is 18.1. The molecule has 0 spiro atoms. The third kappa shape index (κ3) is 4.40. The molecule has 0 radical (unpaired) electrons. The smallest absolute Gasteiger partial charge is 0.328 e. The topological polar surface area (TPSA) is 109 Å². The molecule has 0 unspecified atom stereocenters. The molecule has 3 aromatic rings. The molecule has 0 aliphatic heterocycles. The predicted octanol–water partition coefficient (Wildman–Crippen LogP) is 3.55. The molecule has 0 atom stereocenters. The van der Waals surface area contributed by atoms with Gasteiger partial charge in [0.25, 0.3) is 0 Å². The number of aromatic nitrogens is 3. The van der Waals surface area contributed by atoms with Crippen LogP contribution in [0.15, 0.2) is 30.3 Å². The number of Topliss-reactive ketones (excluding diaryl/α,β-unsaturated/α-hetero) is 1. The molecule has 0 saturated heterocycles. The van der Waals surface area contributed by atoms with Gasteiger partial charge in [0, 0.05) is 22.6 Å². The number of rotatable bonds is 7. The number of aryl methyl sites for hydroxylation is 3. The monoisotopic (exact) mass is 424 g/mol. The molecule has 2 aromatic heterocycles. The molecule has 0 aliphatic rings. The van der Waals surface area contributed by atoms with Crippen LogP contribution >= 0.6 is 0 Å². The van der Waals surface area contributed by atoms with Crippen LogP contribution in [0.3, 0.4) is 0 Å². The number of carbonyl (C=O) groups is 2. The van der Waals surface area contributed by atoms with Gasteiger partial charge in [-0.1, -0.05) is 17.7 Å². The van der Waals surface area contributed by atoms with Crippen molar-refractivity contribution in [3.8, 4) is 5.69 Å². The van der Waals surface area contributed by atoms with Crippen molar-refractivity contribution in [3.63, 3.8) is 0 Å². The second kappa shape index (κ2) is 8.55. The molecule has 0 bridgehead atoms. The van der Waals surface area contributed by atoms with Gasteiger partial charge in [0.1, 0.15) is 17.9 Å². The van der Waals surface area contributed by atoms with Crippen molar-refractivity contribution in [2.75, 3.05) is 6.61 Å². The Kier molecular flexibility index (Phi) is 6.05. The molecule has 0 aliphatic carbocycles. The van der Waals surface area contributed by atoms with Gasteiger partial charge < -0.3 is 9.30 Å². The van der Waals surface area contributed by atoms with E-state index in [-0.39, 0.29) is 29.4 Å². The van der Waals surface area contributed by atoms with Crippen molar-refractivity contribution in [1.82, 2.24) is 14.3 Å². The van der Waals surface area contributed by atoms with Crippen LogP contribution in [0.25, 0.3) is 5.69 Å². The lowest BCUT2D eigenvalue weighted by atomic mass is 10.1. The number of hydrogen-bond acceptors (Lipinski definition) is 6. The zero-order chi connectivity index (χ0) is 22.9. The standard InChI is InChI=1S/C22H24N4O5/c1-13-6-8-18(9-7-13)25-14(2)10-19(16(25)4)20(27)12-31-21(28)11-24-17(5)22(26(29)30)15(3)23-24/h6-10H,11-12H2,1-5H3. The van der Waals surface area contributed by atoms with Gasteiger partial charge in [-0.05, 0) is 52.8 Å². The first-order valence-electron chi connectivity index (χ1n) is 9.73. The van der Waals surface area contributed by atoms with Gasteiger partial charge in [0.2, 0.25) is 5.78 Å². The highest BCUT2D eigenvalue weighted by atomic mass is 16.6. The highest BCUT2D eigenvalue weighted by Gasteiger charge is 2.24. The molecule has 0 amide bonds. The van der Waals surface area contributed by atoms with E-state index in [1.54, 1.807) is 6.07 Å². The van der Waals surface area contributed by atoms with Gasteiger partial charge in [-0.2, -0.15) is 5.10 Å². The second-order valence-electron chi connectivity index (χ2n) is 7.47. The fourth-order valence-corrected chi connectivity index (χ4v) is 3.63. The largest absolute Gasteiger partial charge is 0.456 e. The Bertz CT molecular complexity index is 1170. The molecule has 9 heteroatoms. The maximum Gasteiger partial charge on any atom is 0.328 e. The van der Waals surface area contributed by atoms with Crippen molar-refractivity contribution in [3.05, 3.63) is 74.3 Å². The minimum Gasteiger partial charge on any atom is -0.456 e. The number of nitro groups is 1. The lowest BCUT2D eigenvalue weighted by molar-refractivity contribution is -0.386. The van der Waals surface area contributed by atoms with Crippen LogP contribution in [0.4, 0.5) is 5.69 Å². The van der Waals surface area contributed by atoms with Crippen molar-refractivity contribution in [2.45, 2.75) is 41.2 Å². The average Bonchev–Trinajstić information content (AvgIpc) is 3.15. The molecule has 2 heterocycles. The summed E-state index contributed by atoms with van der Waals surface area (Å²) < 4.78 is 8.31. The highest BCUT2D eigenvalue weighted by Crippen LogP contribution is 2.23. The maximum absolute atomic E-state index is 12.7. The molecule has 0 N–H and O–H groups in total. The Morgan fingerprint density at radius 3 is 2.29 bits per heavy atom. The SMILES string of the molecule is Cc1ccc(-n2c(C)cc(C(=O)COC(=O)Cn3nc(C)c([N+](=O)[O-])c3C)c2C)cc1. The van der Waals surface area contributed by atoms with Crippen LogP contribution in [-0.2, 0) is 16.1 Å². The molecule has 3 rings (SSSR count). The van der Waals surface area contributed by atoms with E-state index < -0.39 is 17.5 Å². The Balaban J connectivity index is 1.70. The molecule has 31 heavy (non-hydrogen) atoms. The molecular weight excluding hydrogens is 400 g/mol. The summed E-state index contributed by atoms with van der Waals surface area (Å²) in [6, 6.07) is 9.74. The van der Waals surface area contributed by atoms with Crippen LogP contribution in [0, 0.1) is 44.7 Å². The number of ether oxygens (including phenoxy) is 1. The van der Waals surface area contributed by atoms with E-state index in [9.17, 15) is 19.7 Å². The molecular formula is C22H24N4O5. The van der Waals surface area contributed by atoms with Crippen LogP contribution in [0.2, 0.25) is 0 Å². The summed E-state index contributed by atoms with van der Waals surface area (Å²) >= 11 is 0. The fourth-order valence-electron chi connectivity index (χ4n) is 3.63. The van der Waals surface area contributed by atoms with Gasteiger partial charge >= 0.3 is 11.7 Å². The normalized spacial score (nSPS) is 10.9. The van der Waals surface area contributed by atoms with E-state index in [1.165, 1.54) is 18.5 Å². The fraction of sp³-hybridized carbons (Fsp3) is 0.318. The van der Waals surface area contributed by atoms with E-state index in [2.05, 4.69) is 5.10 Å². The molecule has 9 nitrogen and oxygen atoms in total. The summed E-state index contributed by atoms with van der Waals surface area (Å²) in [4.78, 5) is 35.4. The van der Waals surface area contributed by atoms with E-state index in [0.29, 0.717) is 5.56 Å². The summed E-state index contributed by atoms with van der Waals surface area (Å²) in [5.74, 6) is -1.01. The van der Waals surface area contributed by atoms with Crippen LogP contribution in [-0.4, -0.2) is 37.6 Å². The molecule has 0 saturated carbocycles. The van der Waals surface area contributed by atoms with Gasteiger partial charge in [-0.15, -0.1) is 0 Å². The zero-order valence-electron chi connectivity index (χ0n) is 18.1. The average molecular weight is 424 g/mol. The Hall–Kier alpha value is -3.75. The molecule has 0 fully saturated rings. The minimum atomic E-state index is -0.693. The molecule has 1 aromatic carbocycles. The predicted molar refractivity (Wildman–Crippen MR) is 114 cm³/mol. The second-order valence-corrected chi connectivity index (χ2v) is 7.47. The molecule has 162 valence electrons. The van der Waals surface area contributed by atoms with Gasteiger partial charge in [-0.3, -0.25) is 24.4 Å². The first kappa shape index (κ1) is 21.9. The number of hydrogen-bond donors (Lipinski definition) is 0. The lowest BCUT2D eigenvalue weighted by Gasteiger charge is -2.10. The lowest BCUT2D eigenvalue weighted by Crippen LogP contribution is -2.20. The minimum absolute atomic E-state index is 0.132. The first-order chi connectivity index (χ1) is 14.6. The number of carbonyl (C=O) groups excluding carboxylic acids is 2. The van der Waals surface area contributed by atoms with E-state index in [4.69, 9.17) is 4.74 Å². The summed E-state index contributed by atoms with van der Waals surface area (Å²) in [5, 5.41) is 15.1. The van der Waals surface area contributed by atoms with E-state index >= 15 is 0 Å². The van der Waals surface area contributed by atoms with Crippen LogP contribution < -0.4 is 0 Å². The number of benzene rings is 1. The van der Waals surface area contributed by atoms with Gasteiger partial charge in [-0.25, -0.2) is 0 Å². The van der Waals surface area contributed by atoms with Crippen LogP contribution in [0.1, 0.15) is 38.7 Å². The van der Waals surface area contributed by atoms with Gasteiger partial charge in [0.05, 0.1) is 4.92 Å². The Labute approximate surface area is 179 Å². The Morgan fingerprint density at radius 2 is 1.71 bits per heavy atom. The number of nitrogens with zero attached hydrogens (tertiary/aromatic N) is 4. The van der Waals surface area contributed by atoms with Crippen molar-refractivity contribution in [1.29, 1.82) is 0 Å².